The van der Waals surface area contributed by atoms with Crippen LogP contribution in [0.1, 0.15) is 45.4 Å². The topological polar surface area (TPSA) is 66.4 Å². The zero-order valence-electron chi connectivity index (χ0n) is 15.2. The van der Waals surface area contributed by atoms with Gasteiger partial charge in [0, 0.05) is 19.5 Å². The van der Waals surface area contributed by atoms with Crippen molar-refractivity contribution >= 4 is 10.1 Å². The molecular weight excluding hydrogens is 400 g/mol. The minimum absolute atomic E-state index is 0.136. The van der Waals surface area contributed by atoms with Crippen LogP contribution in [-0.4, -0.2) is 43.2 Å². The summed E-state index contributed by atoms with van der Waals surface area (Å²) in [7, 11) is -6.65. The third-order valence-electron chi connectivity index (χ3n) is 3.32. The highest BCUT2D eigenvalue weighted by molar-refractivity contribution is 7.87. The number of nitrogens with one attached hydrogen (secondary N) is 1. The second-order valence-electron chi connectivity index (χ2n) is 5.67. The Kier molecular flexibility index (Phi) is 12.9. The lowest BCUT2D eigenvalue weighted by molar-refractivity contribution is -0.282. The van der Waals surface area contributed by atoms with Crippen LogP contribution < -0.4 is 5.32 Å². The van der Waals surface area contributed by atoms with Gasteiger partial charge in [-0.25, -0.2) is 0 Å². The van der Waals surface area contributed by atoms with E-state index >= 15 is 0 Å². The van der Waals surface area contributed by atoms with Crippen molar-refractivity contribution < 1.29 is 39.3 Å². The van der Waals surface area contributed by atoms with Crippen LogP contribution in [0.4, 0.5) is 26.3 Å². The Labute approximate surface area is 156 Å². The van der Waals surface area contributed by atoms with Gasteiger partial charge in [0.25, 0.3) is 0 Å². The Bertz CT molecular complexity index is 530. The van der Waals surface area contributed by atoms with Crippen molar-refractivity contribution in [1.82, 2.24) is 5.32 Å². The van der Waals surface area contributed by atoms with E-state index in [-0.39, 0.29) is 6.42 Å². The van der Waals surface area contributed by atoms with Crippen LogP contribution in [0.15, 0.2) is 25.3 Å². The molecule has 0 aromatic rings. The fourth-order valence-corrected chi connectivity index (χ4v) is 2.24. The molecule has 2 N–H and O–H groups in total. The number of hydrogen-bond acceptors (Lipinski definition) is 3. The monoisotopic (exact) mass is 427 g/mol. The first-order valence-corrected chi connectivity index (χ1v) is 9.69. The second kappa shape index (κ2) is 12.4. The van der Waals surface area contributed by atoms with Crippen LogP contribution in [-0.2, 0) is 10.1 Å². The summed E-state index contributed by atoms with van der Waals surface area (Å²) in [5, 5.41) is -3.19. The molecule has 27 heavy (non-hydrogen) atoms. The van der Waals surface area contributed by atoms with Crippen molar-refractivity contribution in [1.29, 1.82) is 0 Å². The molecule has 11 heteroatoms. The van der Waals surface area contributed by atoms with Crippen molar-refractivity contribution in [2.45, 2.75) is 62.5 Å². The molecule has 0 fully saturated rings. The highest BCUT2D eigenvalue weighted by Gasteiger charge is 2.76. The summed E-state index contributed by atoms with van der Waals surface area (Å²) in [5.74, 6) is -11.4. The second-order valence-corrected chi connectivity index (χ2v) is 7.13. The first kappa shape index (κ1) is 28.1. The zero-order valence-corrected chi connectivity index (χ0v) is 16.0. The van der Waals surface area contributed by atoms with Gasteiger partial charge in [0.2, 0.25) is 0 Å². The lowest BCUT2D eigenvalue weighted by atomic mass is 10.0. The van der Waals surface area contributed by atoms with Crippen LogP contribution in [0.5, 0.6) is 0 Å². The van der Waals surface area contributed by atoms with Crippen molar-refractivity contribution in [2.75, 3.05) is 13.1 Å². The molecule has 0 unspecified atom stereocenters. The molecule has 0 saturated carbocycles. The van der Waals surface area contributed by atoms with Gasteiger partial charge in [-0.1, -0.05) is 44.8 Å². The Hall–Kier alpha value is -1.07. The average Bonchev–Trinajstić information content (AvgIpc) is 2.54. The summed E-state index contributed by atoms with van der Waals surface area (Å²) in [5.41, 5.74) is 0. The fourth-order valence-electron chi connectivity index (χ4n) is 1.77. The van der Waals surface area contributed by atoms with E-state index in [2.05, 4.69) is 18.5 Å². The molecule has 0 amide bonds. The van der Waals surface area contributed by atoms with Gasteiger partial charge >= 0.3 is 27.2 Å². The molecule has 0 aromatic heterocycles. The first-order valence-electron chi connectivity index (χ1n) is 8.25. The van der Waals surface area contributed by atoms with Gasteiger partial charge < -0.3 is 5.32 Å². The number of halogens is 6. The van der Waals surface area contributed by atoms with E-state index < -0.39 is 40.1 Å². The Morgan fingerprint density at radius 2 is 1.37 bits per heavy atom. The number of rotatable bonds is 13. The molecule has 0 spiro atoms. The first-order chi connectivity index (χ1) is 12.2. The molecule has 0 saturated heterocycles. The average molecular weight is 427 g/mol. The maximum Gasteiger partial charge on any atom is 0.437 e. The minimum Gasteiger partial charge on any atom is -0.310 e. The van der Waals surface area contributed by atoms with Gasteiger partial charge in [-0.2, -0.15) is 34.8 Å². The molecule has 4 nitrogen and oxygen atoms in total. The summed E-state index contributed by atoms with van der Waals surface area (Å²) >= 11 is 0. The molecule has 0 bridgehead atoms. The molecule has 0 atom stereocenters. The molecule has 162 valence electrons. The highest BCUT2D eigenvalue weighted by atomic mass is 32.2. The SMILES string of the molecule is C=CCNCC=C.CCCCCCCC(F)(F)C(F)(F)C(F)(F)S(=O)(=O)O. The Balaban J connectivity index is 0. The zero-order chi connectivity index (χ0) is 21.8. The lowest BCUT2D eigenvalue weighted by Crippen LogP contribution is -2.57. The molecular formula is C16H27F6NO3S. The predicted molar refractivity (Wildman–Crippen MR) is 93.0 cm³/mol. The number of hydrogen-bond donors (Lipinski definition) is 2. The fraction of sp³-hybridized carbons (Fsp3) is 0.750. The van der Waals surface area contributed by atoms with E-state index in [1.807, 2.05) is 19.1 Å². The van der Waals surface area contributed by atoms with Gasteiger partial charge in [-0.3, -0.25) is 4.55 Å². The summed E-state index contributed by atoms with van der Waals surface area (Å²) in [6, 6.07) is 0. The van der Waals surface area contributed by atoms with Gasteiger partial charge in [-0.15, -0.1) is 13.2 Å². The summed E-state index contributed by atoms with van der Waals surface area (Å²) < 4.78 is 106. The molecule has 0 aliphatic rings. The Morgan fingerprint density at radius 3 is 1.74 bits per heavy atom. The van der Waals surface area contributed by atoms with Crippen molar-refractivity contribution in [3.63, 3.8) is 0 Å². The molecule has 0 radical (unpaired) electrons. The summed E-state index contributed by atoms with van der Waals surface area (Å²) in [6.07, 6.45) is 3.67. The third-order valence-corrected chi connectivity index (χ3v) is 4.22. The number of alkyl halides is 6. The molecule has 0 heterocycles. The van der Waals surface area contributed by atoms with E-state index in [1.165, 1.54) is 0 Å². The smallest absolute Gasteiger partial charge is 0.310 e. The van der Waals surface area contributed by atoms with E-state index in [4.69, 9.17) is 4.55 Å². The van der Waals surface area contributed by atoms with Crippen molar-refractivity contribution in [3.8, 4) is 0 Å². The quantitative estimate of drug-likeness (QED) is 0.187. The van der Waals surface area contributed by atoms with E-state index in [0.717, 1.165) is 19.5 Å². The Morgan fingerprint density at radius 1 is 0.926 bits per heavy atom. The van der Waals surface area contributed by atoms with Gasteiger partial charge in [0.05, 0.1) is 0 Å². The van der Waals surface area contributed by atoms with Crippen LogP contribution in [0, 0.1) is 0 Å². The third kappa shape index (κ3) is 9.11. The minimum atomic E-state index is -6.65. The van der Waals surface area contributed by atoms with Gasteiger partial charge in [0.1, 0.15) is 0 Å². The van der Waals surface area contributed by atoms with Crippen LogP contribution in [0.25, 0.3) is 0 Å². The van der Waals surface area contributed by atoms with Crippen molar-refractivity contribution in [2.24, 2.45) is 0 Å². The maximum atomic E-state index is 13.1. The van der Waals surface area contributed by atoms with E-state index in [0.29, 0.717) is 12.8 Å². The van der Waals surface area contributed by atoms with Crippen LogP contribution >= 0.6 is 0 Å². The highest BCUT2D eigenvalue weighted by Crippen LogP contribution is 2.50. The largest absolute Gasteiger partial charge is 0.437 e. The molecule has 0 rings (SSSR count). The summed E-state index contributed by atoms with van der Waals surface area (Å²) in [6.45, 7) is 10.6. The van der Waals surface area contributed by atoms with Gasteiger partial charge in [-0.05, 0) is 6.42 Å². The van der Waals surface area contributed by atoms with Crippen molar-refractivity contribution in [3.05, 3.63) is 25.3 Å². The van der Waals surface area contributed by atoms with E-state index in [9.17, 15) is 34.8 Å². The van der Waals surface area contributed by atoms with Crippen LogP contribution in [0.2, 0.25) is 0 Å². The summed E-state index contributed by atoms with van der Waals surface area (Å²) in [4.78, 5) is 0. The molecule has 0 aromatic carbocycles. The van der Waals surface area contributed by atoms with Crippen LogP contribution in [0.3, 0.4) is 0 Å². The lowest BCUT2D eigenvalue weighted by Gasteiger charge is -2.30. The molecule has 0 aliphatic heterocycles. The molecule has 0 aliphatic carbocycles. The maximum absolute atomic E-state index is 13.1. The van der Waals surface area contributed by atoms with E-state index in [1.54, 1.807) is 0 Å². The van der Waals surface area contributed by atoms with Gasteiger partial charge in [0.15, 0.2) is 0 Å². The number of unbranched alkanes of at least 4 members (excludes halogenated alkanes) is 4. The normalized spacial score (nSPS) is 12.9. The standard InChI is InChI=1S/C10H16F6O3S.C6H11N/c1-2-3-4-5-6-7-8(11,12)9(13,14)10(15,16)20(17,18)19;1-3-5-7-6-4-2/h2-7H2,1H3,(H,17,18,19);3-4,7H,1-2,5-6H2. The predicted octanol–water partition coefficient (Wildman–Crippen LogP) is 5.05.